The van der Waals surface area contributed by atoms with E-state index < -0.39 is 41.9 Å². The summed E-state index contributed by atoms with van der Waals surface area (Å²) in [7, 11) is 0. The van der Waals surface area contributed by atoms with E-state index in [1.807, 2.05) is 0 Å². The van der Waals surface area contributed by atoms with Crippen molar-refractivity contribution in [2.24, 2.45) is 0 Å². The van der Waals surface area contributed by atoms with Gasteiger partial charge in [-0.25, -0.2) is 22.4 Å². The summed E-state index contributed by atoms with van der Waals surface area (Å²) in [5.41, 5.74) is -0.897. The van der Waals surface area contributed by atoms with Gasteiger partial charge in [0.1, 0.15) is 17.7 Å². The highest BCUT2D eigenvalue weighted by molar-refractivity contribution is 9.10. The van der Waals surface area contributed by atoms with Crippen LogP contribution in [-0.2, 0) is 4.74 Å². The number of alkyl carbamates (subject to hydrolysis) is 1. The number of rotatable bonds is 1. The van der Waals surface area contributed by atoms with Crippen molar-refractivity contribution < 1.29 is 27.1 Å². The number of alkyl halides is 2. The molecule has 3 nitrogen and oxygen atoms in total. The molecule has 1 aromatic carbocycles. The van der Waals surface area contributed by atoms with Crippen LogP contribution >= 0.6 is 15.9 Å². The second-order valence-corrected chi connectivity index (χ2v) is 4.53. The van der Waals surface area contributed by atoms with E-state index in [-0.39, 0.29) is 4.47 Å². The maximum atomic E-state index is 13.7. The molecule has 0 unspecified atom stereocenters. The predicted molar refractivity (Wildman–Crippen MR) is 56.2 cm³/mol. The minimum absolute atomic E-state index is 0.171. The molecule has 0 aromatic heterocycles. The number of carbonyl (C=O) groups excluding carboxylic acids is 1. The quantitative estimate of drug-likeness (QED) is 0.635. The van der Waals surface area contributed by atoms with Crippen LogP contribution in [0.2, 0.25) is 0 Å². The molecule has 1 N–H and O–H groups in total. The summed E-state index contributed by atoms with van der Waals surface area (Å²) in [6, 6.07) is -0.218. The molecule has 8 heteroatoms. The van der Waals surface area contributed by atoms with Gasteiger partial charge in [-0.05, 0) is 28.1 Å². The fourth-order valence-corrected chi connectivity index (χ4v) is 1.95. The topological polar surface area (TPSA) is 38.3 Å². The molecule has 1 aromatic rings. The van der Waals surface area contributed by atoms with Crippen molar-refractivity contribution in [2.75, 3.05) is 6.61 Å². The first-order chi connectivity index (χ1) is 8.33. The van der Waals surface area contributed by atoms with Gasteiger partial charge in [0.05, 0.1) is 10.0 Å². The Morgan fingerprint density at radius 3 is 2.72 bits per heavy atom. The maximum absolute atomic E-state index is 13.7. The van der Waals surface area contributed by atoms with Gasteiger partial charge in [-0.1, -0.05) is 0 Å². The molecule has 0 bridgehead atoms. The van der Waals surface area contributed by atoms with Crippen LogP contribution in [0.4, 0.5) is 22.4 Å². The fraction of sp³-hybridized carbons (Fsp3) is 0.300. The summed E-state index contributed by atoms with van der Waals surface area (Å²) >= 11 is 2.77. The average Bonchev–Trinajstić information content (AvgIpc) is 2.29. The summed E-state index contributed by atoms with van der Waals surface area (Å²) in [6.45, 7) is -1.23. The normalized spacial score (nSPS) is 22.3. The largest absolute Gasteiger partial charge is 0.443 e. The van der Waals surface area contributed by atoms with Crippen molar-refractivity contribution in [3.63, 3.8) is 0 Å². The zero-order chi connectivity index (χ0) is 13.5. The van der Waals surface area contributed by atoms with Gasteiger partial charge >= 0.3 is 12.0 Å². The summed E-state index contributed by atoms with van der Waals surface area (Å²) in [4.78, 5) is 10.9. The third-order valence-corrected chi connectivity index (χ3v) is 3.06. The lowest BCUT2D eigenvalue weighted by Gasteiger charge is -2.32. The summed E-state index contributed by atoms with van der Waals surface area (Å²) in [5, 5.41) is 1.72. The van der Waals surface area contributed by atoms with Crippen LogP contribution in [0.3, 0.4) is 0 Å². The Labute approximate surface area is 107 Å². The Morgan fingerprint density at radius 2 is 2.06 bits per heavy atom. The van der Waals surface area contributed by atoms with Crippen molar-refractivity contribution in [1.82, 2.24) is 5.32 Å². The third kappa shape index (κ3) is 2.16. The van der Waals surface area contributed by atoms with E-state index in [2.05, 4.69) is 20.7 Å². The van der Waals surface area contributed by atoms with E-state index in [0.717, 1.165) is 12.1 Å². The molecular formula is C10H6BrF4NO2. The van der Waals surface area contributed by atoms with Crippen molar-refractivity contribution >= 4 is 22.0 Å². The van der Waals surface area contributed by atoms with Crippen LogP contribution in [0.1, 0.15) is 11.6 Å². The molecule has 1 atom stereocenters. The second-order valence-electron chi connectivity index (χ2n) is 3.67. The standard InChI is InChI=1S/C10H6BrF4NO2/c11-4-1-2-5(12)6(7(4)13)8-10(14,15)3-18-9(17)16-8/h1-2,8H,3H2,(H,16,17)/t8-/m0/s1. The number of nitrogens with one attached hydrogen (secondary N) is 1. The van der Waals surface area contributed by atoms with E-state index in [1.165, 1.54) is 0 Å². The molecule has 2 rings (SSSR count). The first-order valence-corrected chi connectivity index (χ1v) is 5.57. The lowest BCUT2D eigenvalue weighted by molar-refractivity contribution is -0.105. The van der Waals surface area contributed by atoms with E-state index >= 15 is 0 Å². The van der Waals surface area contributed by atoms with Crippen LogP contribution in [0, 0.1) is 11.6 Å². The van der Waals surface area contributed by atoms with Gasteiger partial charge in [0, 0.05) is 0 Å². The first kappa shape index (κ1) is 13.1. The van der Waals surface area contributed by atoms with Crippen LogP contribution in [-0.4, -0.2) is 18.6 Å². The van der Waals surface area contributed by atoms with Crippen molar-refractivity contribution in [2.45, 2.75) is 12.0 Å². The molecular weight excluding hydrogens is 322 g/mol. The van der Waals surface area contributed by atoms with Crippen molar-refractivity contribution in [1.29, 1.82) is 0 Å². The molecule has 18 heavy (non-hydrogen) atoms. The Kier molecular flexibility index (Phi) is 3.22. The highest BCUT2D eigenvalue weighted by atomic mass is 79.9. The van der Waals surface area contributed by atoms with E-state index in [4.69, 9.17) is 0 Å². The molecule has 1 saturated heterocycles. The third-order valence-electron chi connectivity index (χ3n) is 2.45. The van der Waals surface area contributed by atoms with Crippen LogP contribution in [0.5, 0.6) is 0 Å². The smallest absolute Gasteiger partial charge is 0.408 e. The molecule has 1 aliphatic heterocycles. The minimum atomic E-state index is -3.60. The molecule has 0 spiro atoms. The van der Waals surface area contributed by atoms with Gasteiger partial charge in [-0.15, -0.1) is 0 Å². The average molecular weight is 328 g/mol. The molecule has 1 amide bonds. The summed E-state index contributed by atoms with van der Waals surface area (Å²) in [6.07, 6.45) is -1.15. The van der Waals surface area contributed by atoms with Crippen molar-refractivity contribution in [3.8, 4) is 0 Å². The lowest BCUT2D eigenvalue weighted by Crippen LogP contribution is -2.50. The SMILES string of the molecule is O=C1N[C@@H](c2c(F)ccc(Br)c2F)C(F)(F)CO1. The zero-order valence-electron chi connectivity index (χ0n) is 8.65. The number of benzene rings is 1. The lowest BCUT2D eigenvalue weighted by atomic mass is 9.99. The maximum Gasteiger partial charge on any atom is 0.408 e. The van der Waals surface area contributed by atoms with Gasteiger partial charge in [-0.3, -0.25) is 0 Å². The molecule has 1 fully saturated rings. The number of hydrogen-bond donors (Lipinski definition) is 1. The van der Waals surface area contributed by atoms with Gasteiger partial charge in [0.15, 0.2) is 6.61 Å². The van der Waals surface area contributed by atoms with E-state index in [0.29, 0.717) is 0 Å². The Morgan fingerprint density at radius 1 is 1.39 bits per heavy atom. The highest BCUT2D eigenvalue weighted by Gasteiger charge is 2.49. The number of hydrogen-bond acceptors (Lipinski definition) is 2. The molecule has 1 heterocycles. The zero-order valence-corrected chi connectivity index (χ0v) is 10.2. The number of carbonyl (C=O) groups is 1. The minimum Gasteiger partial charge on any atom is -0.443 e. The van der Waals surface area contributed by atoms with Crippen LogP contribution in [0.25, 0.3) is 0 Å². The number of halogens is 5. The predicted octanol–water partition coefficient (Wildman–Crippen LogP) is 3.14. The monoisotopic (exact) mass is 327 g/mol. The summed E-state index contributed by atoms with van der Waals surface area (Å²) < 4.78 is 58.2. The first-order valence-electron chi connectivity index (χ1n) is 4.77. The Bertz CT molecular complexity index is 509. The molecule has 0 aliphatic carbocycles. The molecule has 1 aliphatic rings. The number of amides is 1. The van der Waals surface area contributed by atoms with Gasteiger partial charge in [0.2, 0.25) is 0 Å². The number of ether oxygens (including phenoxy) is 1. The summed E-state index contributed by atoms with van der Waals surface area (Å²) in [5.74, 6) is -5.94. The van der Waals surface area contributed by atoms with Gasteiger partial charge in [-0.2, -0.15) is 0 Å². The molecule has 0 saturated carbocycles. The fourth-order valence-electron chi connectivity index (χ4n) is 1.60. The van der Waals surface area contributed by atoms with Crippen molar-refractivity contribution in [3.05, 3.63) is 33.8 Å². The Hall–Kier alpha value is -1.31. The number of cyclic esters (lactones) is 1. The van der Waals surface area contributed by atoms with Crippen LogP contribution in [0.15, 0.2) is 16.6 Å². The highest BCUT2D eigenvalue weighted by Crippen LogP contribution is 2.38. The van der Waals surface area contributed by atoms with Crippen LogP contribution < -0.4 is 5.32 Å². The Balaban J connectivity index is 2.52. The molecule has 98 valence electrons. The van der Waals surface area contributed by atoms with Gasteiger partial charge in [0.25, 0.3) is 0 Å². The van der Waals surface area contributed by atoms with E-state index in [9.17, 15) is 22.4 Å². The van der Waals surface area contributed by atoms with E-state index in [1.54, 1.807) is 5.32 Å². The molecule has 0 radical (unpaired) electrons. The van der Waals surface area contributed by atoms with Gasteiger partial charge < -0.3 is 10.1 Å². The second kappa shape index (κ2) is 4.42.